The van der Waals surface area contributed by atoms with E-state index in [2.05, 4.69) is 25.3 Å². The molecule has 0 saturated carbocycles. The predicted molar refractivity (Wildman–Crippen MR) is 160 cm³/mol. The Morgan fingerprint density at radius 3 is 2.52 bits per heavy atom. The smallest absolute Gasteiger partial charge is 0.387 e. The largest absolute Gasteiger partial charge is 0.434 e. The number of hydrogen-bond acceptors (Lipinski definition) is 9. The zero-order valence-corrected chi connectivity index (χ0v) is 25.0. The van der Waals surface area contributed by atoms with Gasteiger partial charge in [-0.25, -0.2) is 9.97 Å². The number of alkyl halides is 2. The van der Waals surface area contributed by atoms with Crippen LogP contribution in [0.4, 0.5) is 20.4 Å². The first kappa shape index (κ1) is 31.1. The fourth-order valence-electron chi connectivity index (χ4n) is 5.35. The molecule has 2 atom stereocenters. The van der Waals surface area contributed by atoms with E-state index in [0.717, 1.165) is 11.1 Å². The third kappa shape index (κ3) is 7.05. The van der Waals surface area contributed by atoms with Gasteiger partial charge in [0, 0.05) is 68.5 Å². The minimum absolute atomic E-state index is 0.0565. The lowest BCUT2D eigenvalue weighted by Crippen LogP contribution is -2.57. The molecule has 3 heterocycles. The molecule has 44 heavy (non-hydrogen) atoms. The first-order chi connectivity index (χ1) is 21.0. The van der Waals surface area contributed by atoms with Gasteiger partial charge in [-0.3, -0.25) is 9.59 Å². The Morgan fingerprint density at radius 1 is 1.11 bits per heavy atom. The summed E-state index contributed by atoms with van der Waals surface area (Å²) in [6, 6.07) is 11.7. The third-order valence-corrected chi connectivity index (χ3v) is 7.60. The first-order valence-electron chi connectivity index (χ1n) is 14.4. The number of piperazine rings is 1. The number of halogens is 2. The summed E-state index contributed by atoms with van der Waals surface area (Å²) in [4.78, 5) is 38.7. The van der Waals surface area contributed by atoms with E-state index in [0.29, 0.717) is 42.4 Å². The highest BCUT2D eigenvalue weighted by molar-refractivity contribution is 6.00. The average molecular weight is 611 g/mol. The topological polar surface area (TPSA) is 118 Å². The second-order valence-corrected chi connectivity index (χ2v) is 11.1. The van der Waals surface area contributed by atoms with Crippen molar-refractivity contribution >= 4 is 23.5 Å². The molecule has 13 heteroatoms. The molecule has 2 aliphatic heterocycles. The fraction of sp³-hybridized carbons (Fsp3) is 0.419. The van der Waals surface area contributed by atoms with E-state index in [1.165, 1.54) is 13.1 Å². The van der Waals surface area contributed by atoms with Crippen molar-refractivity contribution in [3.05, 3.63) is 66.0 Å². The average Bonchev–Trinajstić information content (AvgIpc) is 3.39. The number of para-hydroxylation sites is 1. The number of carbonyl (C=O) groups excluding carboxylic acids is 2. The molecule has 0 aliphatic carbocycles. The molecule has 2 aliphatic rings. The molecule has 2 N–H and O–H groups in total. The van der Waals surface area contributed by atoms with Gasteiger partial charge in [-0.15, -0.1) is 0 Å². The Kier molecular flexibility index (Phi) is 9.25. The zero-order valence-electron chi connectivity index (χ0n) is 25.0. The molecule has 0 radical (unpaired) electrons. The number of amides is 2. The van der Waals surface area contributed by atoms with Gasteiger partial charge in [0.15, 0.2) is 11.9 Å². The van der Waals surface area contributed by atoms with Gasteiger partial charge in [0.1, 0.15) is 5.75 Å². The number of hydrogen-bond donors (Lipinski definition) is 2. The third-order valence-electron chi connectivity index (χ3n) is 7.60. The van der Waals surface area contributed by atoms with E-state index in [9.17, 15) is 18.4 Å². The number of ether oxygens (including phenoxy) is 3. The van der Waals surface area contributed by atoms with Crippen molar-refractivity contribution in [2.24, 2.45) is 0 Å². The van der Waals surface area contributed by atoms with Gasteiger partial charge in [-0.1, -0.05) is 24.3 Å². The highest BCUT2D eigenvalue weighted by Crippen LogP contribution is 2.29. The van der Waals surface area contributed by atoms with E-state index < -0.39 is 18.5 Å². The van der Waals surface area contributed by atoms with E-state index in [-0.39, 0.29) is 36.8 Å². The van der Waals surface area contributed by atoms with Gasteiger partial charge in [-0.2, -0.15) is 8.78 Å². The molecule has 0 bridgehead atoms. The summed E-state index contributed by atoms with van der Waals surface area (Å²) in [5, 5.41) is 5.81. The minimum Gasteiger partial charge on any atom is -0.434 e. The van der Waals surface area contributed by atoms with Crippen molar-refractivity contribution in [3.63, 3.8) is 0 Å². The van der Waals surface area contributed by atoms with Gasteiger partial charge in [0.25, 0.3) is 11.8 Å². The number of nitrogens with zero attached hydrogens (tertiary/aromatic N) is 4. The molecule has 0 spiro atoms. The molecule has 11 nitrogen and oxygen atoms in total. The number of benzene rings is 2. The maximum atomic E-state index is 13.0. The van der Waals surface area contributed by atoms with Crippen LogP contribution in [0.5, 0.6) is 5.75 Å². The number of rotatable bonds is 9. The number of anilines is 2. The standard InChI is InChI=1S/C31H36F2N6O5/c1-19-17-38(11-12-39(19)28(41)26-18-42-31(2,3)44-26)30-36-15-22(16-37-30)20-9-10-23(27(40)34-4)24(13-20)35-14-21-7-5-6-8-25(21)43-29(32)33/h5-10,13,15-16,19,26,29,35H,11-12,14,17-18H2,1-4H3,(H,34,40)/t19-,26+/m1/s1. The van der Waals surface area contributed by atoms with Crippen molar-refractivity contribution in [1.29, 1.82) is 0 Å². The fourth-order valence-corrected chi connectivity index (χ4v) is 5.35. The summed E-state index contributed by atoms with van der Waals surface area (Å²) in [5.74, 6) is -0.540. The van der Waals surface area contributed by atoms with Crippen LogP contribution in [0.1, 0.15) is 36.7 Å². The maximum Gasteiger partial charge on any atom is 0.387 e. The Balaban J connectivity index is 1.28. The molecule has 0 unspecified atom stereocenters. The summed E-state index contributed by atoms with van der Waals surface area (Å²) in [6.07, 6.45) is 2.81. The van der Waals surface area contributed by atoms with Crippen LogP contribution >= 0.6 is 0 Å². The van der Waals surface area contributed by atoms with Crippen LogP contribution in [0.2, 0.25) is 0 Å². The lowest BCUT2D eigenvalue weighted by atomic mass is 10.0. The van der Waals surface area contributed by atoms with E-state index in [1.807, 2.05) is 16.7 Å². The summed E-state index contributed by atoms with van der Waals surface area (Å²) in [7, 11) is 1.53. The van der Waals surface area contributed by atoms with E-state index in [4.69, 9.17) is 9.47 Å². The Hall–Kier alpha value is -4.36. The maximum absolute atomic E-state index is 13.0. The summed E-state index contributed by atoms with van der Waals surface area (Å²) in [5.41, 5.74) is 2.89. The highest BCUT2D eigenvalue weighted by atomic mass is 19.3. The molecule has 3 aromatic rings. The van der Waals surface area contributed by atoms with Crippen LogP contribution in [0.25, 0.3) is 11.1 Å². The van der Waals surface area contributed by atoms with Crippen molar-refractivity contribution < 1.29 is 32.6 Å². The van der Waals surface area contributed by atoms with Crippen molar-refractivity contribution in [1.82, 2.24) is 20.2 Å². The summed E-state index contributed by atoms with van der Waals surface area (Å²) >= 11 is 0. The predicted octanol–water partition coefficient (Wildman–Crippen LogP) is 3.91. The SMILES string of the molecule is CNC(=O)c1ccc(-c2cnc(N3CCN(C(=O)[C@@H]4COC(C)(C)O4)[C@H](C)C3)nc2)cc1NCc1ccccc1OC(F)F. The van der Waals surface area contributed by atoms with Crippen molar-refractivity contribution in [2.75, 3.05) is 43.5 Å². The van der Waals surface area contributed by atoms with Crippen LogP contribution in [0.3, 0.4) is 0 Å². The van der Waals surface area contributed by atoms with Crippen molar-refractivity contribution in [2.45, 2.75) is 51.9 Å². The first-order valence-corrected chi connectivity index (χ1v) is 14.4. The van der Waals surface area contributed by atoms with Crippen LogP contribution in [0, 0.1) is 0 Å². The van der Waals surface area contributed by atoms with Gasteiger partial charge < -0.3 is 34.6 Å². The van der Waals surface area contributed by atoms with Gasteiger partial charge in [0.05, 0.1) is 12.2 Å². The number of nitrogens with one attached hydrogen (secondary N) is 2. The Labute approximate surface area is 254 Å². The summed E-state index contributed by atoms with van der Waals surface area (Å²) < 4.78 is 41.7. The monoisotopic (exact) mass is 610 g/mol. The Bertz CT molecular complexity index is 1490. The molecule has 2 fully saturated rings. The summed E-state index contributed by atoms with van der Waals surface area (Å²) in [6.45, 7) is 4.66. The normalized spacial score (nSPS) is 19.6. The lowest BCUT2D eigenvalue weighted by molar-refractivity contribution is -0.161. The molecule has 2 aromatic carbocycles. The molecular weight excluding hydrogens is 574 g/mol. The zero-order chi connectivity index (χ0) is 31.4. The molecule has 5 rings (SSSR count). The lowest BCUT2D eigenvalue weighted by Gasteiger charge is -2.40. The second kappa shape index (κ2) is 13.1. The second-order valence-electron chi connectivity index (χ2n) is 11.1. The van der Waals surface area contributed by atoms with E-state index in [1.54, 1.807) is 62.6 Å². The number of carbonyl (C=O) groups is 2. The number of aromatic nitrogens is 2. The van der Waals surface area contributed by atoms with Crippen molar-refractivity contribution in [3.8, 4) is 16.9 Å². The molecule has 2 amide bonds. The van der Waals surface area contributed by atoms with E-state index >= 15 is 0 Å². The van der Waals surface area contributed by atoms with Crippen LogP contribution in [0.15, 0.2) is 54.9 Å². The minimum atomic E-state index is -2.95. The quantitative estimate of drug-likeness (QED) is 0.372. The Morgan fingerprint density at radius 2 is 1.86 bits per heavy atom. The molecule has 2 saturated heterocycles. The van der Waals surface area contributed by atoms with Crippen LogP contribution < -0.4 is 20.3 Å². The molecular formula is C31H36F2N6O5. The van der Waals surface area contributed by atoms with Crippen LogP contribution in [-0.4, -0.2) is 84.5 Å². The van der Waals surface area contributed by atoms with Gasteiger partial charge >= 0.3 is 6.61 Å². The highest BCUT2D eigenvalue weighted by Gasteiger charge is 2.41. The van der Waals surface area contributed by atoms with Crippen LogP contribution in [-0.2, 0) is 20.8 Å². The molecule has 1 aromatic heterocycles. The van der Waals surface area contributed by atoms with Gasteiger partial charge in [-0.05, 0) is 44.5 Å². The molecule has 234 valence electrons. The van der Waals surface area contributed by atoms with Gasteiger partial charge in [0.2, 0.25) is 5.95 Å².